The molecule has 29 heavy (non-hydrogen) atoms. The standard InChI is InChI=1S/C22H21N3O4/c1-3-18(26)25-14-7-4-6-13(10-14)19-16(22(27)28-2)12-24-21-20(19)15(11-23-21)17-8-5-9-29-17/h3,5-6,8-9,11-12,14H,1,4,7,10H2,2H3,(H,23,24)(H,25,26). The summed E-state index contributed by atoms with van der Waals surface area (Å²) >= 11 is 0. The highest BCUT2D eigenvalue weighted by atomic mass is 16.5. The number of rotatable bonds is 5. The average Bonchev–Trinajstić information content (AvgIpc) is 3.42. The number of nitrogens with zero attached hydrogens (tertiary/aromatic N) is 1. The molecule has 0 radical (unpaired) electrons. The van der Waals surface area contributed by atoms with E-state index in [0.29, 0.717) is 23.4 Å². The number of allylic oxidation sites excluding steroid dienone is 1. The van der Waals surface area contributed by atoms with Crippen LogP contribution < -0.4 is 5.32 Å². The van der Waals surface area contributed by atoms with E-state index < -0.39 is 5.97 Å². The number of pyridine rings is 1. The van der Waals surface area contributed by atoms with E-state index in [2.05, 4.69) is 27.9 Å². The first-order chi connectivity index (χ1) is 14.1. The van der Waals surface area contributed by atoms with Gasteiger partial charge in [-0.25, -0.2) is 9.78 Å². The second kappa shape index (κ2) is 7.79. The van der Waals surface area contributed by atoms with Gasteiger partial charge in [-0.3, -0.25) is 4.79 Å². The molecule has 1 atom stereocenters. The van der Waals surface area contributed by atoms with E-state index in [1.807, 2.05) is 18.3 Å². The fraction of sp³-hybridized carbons (Fsp3) is 0.227. The lowest BCUT2D eigenvalue weighted by Gasteiger charge is -2.25. The molecule has 148 valence electrons. The zero-order chi connectivity index (χ0) is 20.4. The molecule has 0 bridgehead atoms. The lowest BCUT2D eigenvalue weighted by Crippen LogP contribution is -2.35. The fourth-order valence-electron chi connectivity index (χ4n) is 3.82. The normalized spacial score (nSPS) is 16.3. The summed E-state index contributed by atoms with van der Waals surface area (Å²) in [5.74, 6) is 0.00983. The van der Waals surface area contributed by atoms with Gasteiger partial charge in [-0.15, -0.1) is 0 Å². The van der Waals surface area contributed by atoms with Gasteiger partial charge in [0, 0.05) is 34.9 Å². The molecule has 1 aliphatic carbocycles. The van der Waals surface area contributed by atoms with Crippen LogP contribution in [0.5, 0.6) is 0 Å². The molecule has 1 unspecified atom stereocenters. The minimum Gasteiger partial charge on any atom is -0.465 e. The molecule has 1 amide bonds. The van der Waals surface area contributed by atoms with Gasteiger partial charge >= 0.3 is 5.97 Å². The van der Waals surface area contributed by atoms with Crippen LogP contribution in [0.4, 0.5) is 0 Å². The maximum absolute atomic E-state index is 12.5. The predicted molar refractivity (Wildman–Crippen MR) is 109 cm³/mol. The van der Waals surface area contributed by atoms with E-state index >= 15 is 0 Å². The van der Waals surface area contributed by atoms with Gasteiger partial charge in [-0.05, 0) is 43.0 Å². The van der Waals surface area contributed by atoms with Crippen LogP contribution in [0.2, 0.25) is 0 Å². The van der Waals surface area contributed by atoms with Gasteiger partial charge in [0.05, 0.1) is 18.9 Å². The van der Waals surface area contributed by atoms with Crippen molar-refractivity contribution >= 4 is 28.5 Å². The Hall–Kier alpha value is -3.61. The smallest absolute Gasteiger partial charge is 0.340 e. The zero-order valence-electron chi connectivity index (χ0n) is 16.0. The van der Waals surface area contributed by atoms with E-state index in [0.717, 1.165) is 34.9 Å². The Bertz CT molecular complexity index is 1110. The Kier molecular flexibility index (Phi) is 5.03. The summed E-state index contributed by atoms with van der Waals surface area (Å²) in [6.07, 6.45) is 10.5. The second-order valence-electron chi connectivity index (χ2n) is 6.86. The Morgan fingerprint density at radius 3 is 3.03 bits per heavy atom. The van der Waals surface area contributed by atoms with Gasteiger partial charge in [0.25, 0.3) is 0 Å². The second-order valence-corrected chi connectivity index (χ2v) is 6.86. The fourth-order valence-corrected chi connectivity index (χ4v) is 3.82. The molecule has 0 aliphatic heterocycles. The van der Waals surface area contributed by atoms with Crippen LogP contribution in [-0.2, 0) is 9.53 Å². The number of H-pyrrole nitrogens is 1. The molecular weight excluding hydrogens is 370 g/mol. The third kappa shape index (κ3) is 3.47. The molecule has 2 N–H and O–H groups in total. The number of hydrogen-bond donors (Lipinski definition) is 2. The minimum absolute atomic E-state index is 0.0415. The number of carbonyl (C=O) groups excluding carboxylic acids is 2. The molecule has 4 rings (SSSR count). The molecule has 0 fully saturated rings. The van der Waals surface area contributed by atoms with Crippen molar-refractivity contribution in [2.45, 2.75) is 25.3 Å². The number of aromatic nitrogens is 2. The molecule has 3 aromatic heterocycles. The lowest BCUT2D eigenvalue weighted by atomic mass is 9.86. The van der Waals surface area contributed by atoms with Crippen LogP contribution in [0.15, 0.2) is 53.9 Å². The molecule has 0 saturated carbocycles. The van der Waals surface area contributed by atoms with Gasteiger partial charge < -0.3 is 19.5 Å². The third-order valence-electron chi connectivity index (χ3n) is 5.12. The first-order valence-electron chi connectivity index (χ1n) is 9.37. The Labute approximate surface area is 167 Å². The summed E-state index contributed by atoms with van der Waals surface area (Å²) in [6.45, 7) is 3.52. The van der Waals surface area contributed by atoms with Crippen LogP contribution in [0.25, 0.3) is 27.9 Å². The number of hydrogen-bond acceptors (Lipinski definition) is 5. The largest absolute Gasteiger partial charge is 0.465 e. The molecule has 0 aromatic carbocycles. The van der Waals surface area contributed by atoms with Crippen LogP contribution in [0, 0.1) is 0 Å². The lowest BCUT2D eigenvalue weighted by molar-refractivity contribution is -0.117. The maximum Gasteiger partial charge on any atom is 0.340 e. The van der Waals surface area contributed by atoms with Gasteiger partial charge in [0.2, 0.25) is 5.91 Å². The summed E-state index contributed by atoms with van der Waals surface area (Å²) in [5, 5.41) is 3.76. The van der Waals surface area contributed by atoms with Gasteiger partial charge in [-0.1, -0.05) is 12.7 Å². The summed E-state index contributed by atoms with van der Waals surface area (Å²) in [5.41, 5.74) is 3.57. The van der Waals surface area contributed by atoms with Gasteiger partial charge in [-0.2, -0.15) is 0 Å². The molecule has 3 heterocycles. The van der Waals surface area contributed by atoms with Crippen LogP contribution in [0.3, 0.4) is 0 Å². The van der Waals surface area contributed by atoms with Crippen molar-refractivity contribution in [2.24, 2.45) is 0 Å². The van der Waals surface area contributed by atoms with Crippen molar-refractivity contribution in [3.63, 3.8) is 0 Å². The highest BCUT2D eigenvalue weighted by Gasteiger charge is 2.26. The number of nitrogens with one attached hydrogen (secondary N) is 2. The number of carbonyl (C=O) groups is 2. The Morgan fingerprint density at radius 2 is 2.31 bits per heavy atom. The van der Waals surface area contributed by atoms with Crippen molar-refractivity contribution < 1.29 is 18.7 Å². The number of ether oxygens (including phenoxy) is 1. The highest BCUT2D eigenvalue weighted by Crippen LogP contribution is 2.39. The first-order valence-corrected chi connectivity index (χ1v) is 9.37. The van der Waals surface area contributed by atoms with Crippen LogP contribution in [0.1, 0.15) is 35.2 Å². The number of furan rings is 1. The highest BCUT2D eigenvalue weighted by molar-refractivity contribution is 6.08. The SMILES string of the molecule is C=CC(=O)NC1CCC=C(c2c(C(=O)OC)cnc3[nH]cc(-c4ccco4)c23)C1. The van der Waals surface area contributed by atoms with E-state index in [9.17, 15) is 9.59 Å². The van der Waals surface area contributed by atoms with Gasteiger partial charge in [0.1, 0.15) is 11.4 Å². The molecule has 0 saturated heterocycles. The summed E-state index contributed by atoms with van der Waals surface area (Å²) in [4.78, 5) is 31.9. The Balaban J connectivity index is 1.88. The number of amides is 1. The van der Waals surface area contributed by atoms with E-state index in [1.54, 1.807) is 6.26 Å². The maximum atomic E-state index is 12.5. The topological polar surface area (TPSA) is 97.2 Å². The molecule has 3 aromatic rings. The number of methoxy groups -OCH3 is 1. The molecule has 7 nitrogen and oxygen atoms in total. The summed E-state index contributed by atoms with van der Waals surface area (Å²) in [6, 6.07) is 3.63. The van der Waals surface area contributed by atoms with Crippen molar-refractivity contribution in [3.8, 4) is 11.3 Å². The zero-order valence-corrected chi connectivity index (χ0v) is 16.0. The van der Waals surface area contributed by atoms with Crippen molar-refractivity contribution in [2.75, 3.05) is 7.11 Å². The Morgan fingerprint density at radius 1 is 1.45 bits per heavy atom. The van der Waals surface area contributed by atoms with Crippen LogP contribution in [-0.4, -0.2) is 35.0 Å². The van der Waals surface area contributed by atoms with E-state index in [1.165, 1.54) is 19.4 Å². The molecule has 0 spiro atoms. The molecule has 1 aliphatic rings. The quantitative estimate of drug-likeness (QED) is 0.509. The number of esters is 1. The number of fused-ring (bicyclic) bond motifs is 1. The predicted octanol–water partition coefficient (Wildman–Crippen LogP) is 3.85. The summed E-state index contributed by atoms with van der Waals surface area (Å²) < 4.78 is 10.6. The first kappa shape index (κ1) is 18.7. The summed E-state index contributed by atoms with van der Waals surface area (Å²) in [7, 11) is 1.35. The van der Waals surface area contributed by atoms with Crippen molar-refractivity contribution in [3.05, 3.63) is 60.6 Å². The third-order valence-corrected chi connectivity index (χ3v) is 5.12. The minimum atomic E-state index is -0.459. The van der Waals surface area contributed by atoms with E-state index in [4.69, 9.17) is 9.15 Å². The number of aromatic amines is 1. The van der Waals surface area contributed by atoms with Gasteiger partial charge in [0.15, 0.2) is 0 Å². The molecule has 7 heteroatoms. The monoisotopic (exact) mass is 391 g/mol. The average molecular weight is 391 g/mol. The van der Waals surface area contributed by atoms with E-state index in [-0.39, 0.29) is 11.9 Å². The van der Waals surface area contributed by atoms with Crippen LogP contribution >= 0.6 is 0 Å². The molecular formula is C22H21N3O4. The van der Waals surface area contributed by atoms with Crippen molar-refractivity contribution in [1.29, 1.82) is 0 Å². The van der Waals surface area contributed by atoms with Crippen molar-refractivity contribution in [1.82, 2.24) is 15.3 Å².